The van der Waals surface area contributed by atoms with E-state index in [1.165, 1.54) is 0 Å². The molecule has 0 saturated heterocycles. The topological polar surface area (TPSA) is 75.7 Å². The van der Waals surface area contributed by atoms with Gasteiger partial charge in [-0.25, -0.2) is 8.42 Å². The van der Waals surface area contributed by atoms with E-state index in [9.17, 15) is 13.2 Å². The summed E-state index contributed by atoms with van der Waals surface area (Å²) in [7, 11) is -2.08. The third-order valence-corrected chi connectivity index (χ3v) is 6.20. The monoisotopic (exact) mass is 438 g/mol. The molecule has 2 aromatic carbocycles. The SMILES string of the molecule is CC[C@@H](C(=O)NCCc1ccc(OC)cc1)N(c1ccc(C)c(Cl)c1)S(C)(=O)=O. The molecule has 0 aromatic heterocycles. The lowest BCUT2D eigenvalue weighted by Crippen LogP contribution is -2.49. The van der Waals surface area contributed by atoms with Crippen LogP contribution >= 0.6 is 11.6 Å². The van der Waals surface area contributed by atoms with Gasteiger partial charge < -0.3 is 10.1 Å². The number of methoxy groups -OCH3 is 1. The number of nitrogens with zero attached hydrogens (tertiary/aromatic N) is 1. The molecule has 2 aromatic rings. The molecule has 0 bridgehead atoms. The van der Waals surface area contributed by atoms with Gasteiger partial charge in [0.25, 0.3) is 0 Å². The molecule has 1 N–H and O–H groups in total. The van der Waals surface area contributed by atoms with Crippen molar-refractivity contribution < 1.29 is 17.9 Å². The molecule has 1 amide bonds. The summed E-state index contributed by atoms with van der Waals surface area (Å²) in [6, 6.07) is 11.7. The van der Waals surface area contributed by atoms with Gasteiger partial charge in [-0.1, -0.05) is 36.7 Å². The molecule has 1 atom stereocenters. The van der Waals surface area contributed by atoms with E-state index < -0.39 is 16.1 Å². The Morgan fingerprint density at radius 2 is 1.86 bits per heavy atom. The molecular weight excluding hydrogens is 412 g/mol. The molecule has 158 valence electrons. The van der Waals surface area contributed by atoms with E-state index in [1.807, 2.05) is 31.2 Å². The number of benzene rings is 2. The van der Waals surface area contributed by atoms with Gasteiger partial charge in [0.1, 0.15) is 11.8 Å². The first-order valence-electron chi connectivity index (χ1n) is 9.33. The molecule has 0 heterocycles. The van der Waals surface area contributed by atoms with Gasteiger partial charge in [-0.05, 0) is 55.2 Å². The minimum Gasteiger partial charge on any atom is -0.497 e. The molecule has 0 aliphatic heterocycles. The number of carbonyl (C=O) groups is 1. The van der Waals surface area contributed by atoms with Gasteiger partial charge >= 0.3 is 0 Å². The lowest BCUT2D eigenvalue weighted by atomic mass is 10.1. The number of sulfonamides is 1. The predicted molar refractivity (Wildman–Crippen MR) is 117 cm³/mol. The van der Waals surface area contributed by atoms with Crippen molar-refractivity contribution in [3.63, 3.8) is 0 Å². The number of anilines is 1. The van der Waals surface area contributed by atoms with Gasteiger partial charge in [0, 0.05) is 11.6 Å². The van der Waals surface area contributed by atoms with Crippen molar-refractivity contribution in [2.75, 3.05) is 24.2 Å². The van der Waals surface area contributed by atoms with Gasteiger partial charge in [-0.2, -0.15) is 0 Å². The molecule has 0 radical (unpaired) electrons. The number of ether oxygens (including phenoxy) is 1. The van der Waals surface area contributed by atoms with E-state index >= 15 is 0 Å². The Morgan fingerprint density at radius 3 is 2.38 bits per heavy atom. The van der Waals surface area contributed by atoms with Gasteiger partial charge in [0.05, 0.1) is 19.1 Å². The summed E-state index contributed by atoms with van der Waals surface area (Å²) in [5, 5.41) is 3.30. The Bertz CT molecular complexity index is 946. The van der Waals surface area contributed by atoms with E-state index in [-0.39, 0.29) is 5.91 Å². The molecule has 0 saturated carbocycles. The fraction of sp³-hybridized carbons (Fsp3) is 0.381. The summed E-state index contributed by atoms with van der Waals surface area (Å²) in [6.45, 7) is 4.01. The van der Waals surface area contributed by atoms with Crippen LogP contribution in [0.4, 0.5) is 5.69 Å². The van der Waals surface area contributed by atoms with Gasteiger partial charge in [-0.3, -0.25) is 9.10 Å². The van der Waals surface area contributed by atoms with E-state index in [0.29, 0.717) is 30.1 Å². The van der Waals surface area contributed by atoms with Crippen LogP contribution < -0.4 is 14.4 Å². The van der Waals surface area contributed by atoms with Crippen LogP contribution in [0.2, 0.25) is 5.02 Å². The second-order valence-corrected chi connectivity index (χ2v) is 9.07. The highest BCUT2D eigenvalue weighted by atomic mass is 35.5. The van der Waals surface area contributed by atoms with E-state index in [4.69, 9.17) is 16.3 Å². The molecule has 29 heavy (non-hydrogen) atoms. The minimum absolute atomic E-state index is 0.326. The third-order valence-electron chi connectivity index (χ3n) is 4.61. The Hall–Kier alpha value is -2.25. The Balaban J connectivity index is 2.14. The predicted octanol–water partition coefficient (Wildman–Crippen LogP) is 3.56. The van der Waals surface area contributed by atoms with Gasteiger partial charge in [-0.15, -0.1) is 0 Å². The zero-order valence-electron chi connectivity index (χ0n) is 17.1. The molecular formula is C21H27ClN2O4S. The second-order valence-electron chi connectivity index (χ2n) is 6.81. The lowest BCUT2D eigenvalue weighted by Gasteiger charge is -2.30. The van der Waals surface area contributed by atoms with Crippen LogP contribution in [0.25, 0.3) is 0 Å². The van der Waals surface area contributed by atoms with Crippen molar-refractivity contribution in [2.24, 2.45) is 0 Å². The van der Waals surface area contributed by atoms with E-state index in [0.717, 1.165) is 27.4 Å². The summed E-state index contributed by atoms with van der Waals surface area (Å²) < 4.78 is 31.2. The van der Waals surface area contributed by atoms with Crippen LogP contribution in [0, 0.1) is 6.92 Å². The first kappa shape index (κ1) is 23.0. The van der Waals surface area contributed by atoms with Crippen LogP contribution in [-0.4, -0.2) is 40.3 Å². The zero-order valence-corrected chi connectivity index (χ0v) is 18.7. The third kappa shape index (κ3) is 6.11. The maximum Gasteiger partial charge on any atom is 0.243 e. The Morgan fingerprint density at radius 1 is 1.21 bits per heavy atom. The number of hydrogen-bond acceptors (Lipinski definition) is 4. The van der Waals surface area contributed by atoms with Crippen LogP contribution in [0.5, 0.6) is 5.75 Å². The number of carbonyl (C=O) groups excluding carboxylic acids is 1. The fourth-order valence-electron chi connectivity index (χ4n) is 3.02. The Kier molecular flexibility index (Phi) is 7.93. The van der Waals surface area contributed by atoms with Gasteiger partial charge in [0.2, 0.25) is 15.9 Å². The smallest absolute Gasteiger partial charge is 0.243 e. The summed E-state index contributed by atoms with van der Waals surface area (Å²) >= 11 is 6.18. The standard InChI is InChI=1S/C21H27ClN2O4S/c1-5-20(21(25)23-13-12-16-7-10-18(28-3)11-8-16)24(29(4,26)27)17-9-6-15(2)19(22)14-17/h6-11,14,20H,5,12-13H2,1-4H3,(H,23,25)/t20-/m0/s1. The van der Waals surface area contributed by atoms with Crippen molar-refractivity contribution in [1.29, 1.82) is 0 Å². The van der Waals surface area contributed by atoms with Crippen LogP contribution in [0.3, 0.4) is 0 Å². The number of rotatable bonds is 9. The highest BCUT2D eigenvalue weighted by molar-refractivity contribution is 7.92. The maximum absolute atomic E-state index is 12.8. The molecule has 0 unspecified atom stereocenters. The fourth-order valence-corrected chi connectivity index (χ4v) is 4.40. The van der Waals surface area contributed by atoms with Crippen LogP contribution in [-0.2, 0) is 21.2 Å². The minimum atomic E-state index is -3.69. The normalized spacial score (nSPS) is 12.3. The molecule has 0 aliphatic carbocycles. The first-order valence-corrected chi connectivity index (χ1v) is 11.6. The highest BCUT2D eigenvalue weighted by Gasteiger charge is 2.31. The number of halogens is 1. The van der Waals surface area contributed by atoms with Crippen molar-refractivity contribution in [2.45, 2.75) is 32.7 Å². The quantitative estimate of drug-likeness (QED) is 0.649. The molecule has 8 heteroatoms. The Labute approximate surface area is 177 Å². The first-order chi connectivity index (χ1) is 13.7. The van der Waals surface area contributed by atoms with Crippen molar-refractivity contribution in [1.82, 2.24) is 5.32 Å². The average Bonchev–Trinajstić information content (AvgIpc) is 2.67. The molecule has 2 rings (SSSR count). The second kappa shape index (κ2) is 9.98. The summed E-state index contributed by atoms with van der Waals surface area (Å²) in [5.41, 5.74) is 2.26. The van der Waals surface area contributed by atoms with Crippen molar-refractivity contribution in [3.8, 4) is 5.75 Å². The van der Waals surface area contributed by atoms with E-state index in [1.54, 1.807) is 32.2 Å². The molecule has 0 spiro atoms. The lowest BCUT2D eigenvalue weighted by molar-refractivity contribution is -0.122. The molecule has 0 aliphatic rings. The zero-order chi connectivity index (χ0) is 21.6. The van der Waals surface area contributed by atoms with Crippen molar-refractivity contribution >= 4 is 33.2 Å². The molecule has 0 fully saturated rings. The number of amides is 1. The summed E-state index contributed by atoms with van der Waals surface area (Å²) in [6.07, 6.45) is 2.04. The van der Waals surface area contributed by atoms with Crippen LogP contribution in [0.1, 0.15) is 24.5 Å². The van der Waals surface area contributed by atoms with Crippen LogP contribution in [0.15, 0.2) is 42.5 Å². The molecule has 6 nitrogen and oxygen atoms in total. The maximum atomic E-state index is 12.8. The number of nitrogens with one attached hydrogen (secondary N) is 1. The number of aryl methyl sites for hydroxylation is 1. The largest absolute Gasteiger partial charge is 0.497 e. The average molecular weight is 439 g/mol. The summed E-state index contributed by atoms with van der Waals surface area (Å²) in [4.78, 5) is 12.8. The van der Waals surface area contributed by atoms with Gasteiger partial charge in [0.15, 0.2) is 0 Å². The van der Waals surface area contributed by atoms with Crippen molar-refractivity contribution in [3.05, 3.63) is 58.6 Å². The number of hydrogen-bond donors (Lipinski definition) is 1. The summed E-state index contributed by atoms with van der Waals surface area (Å²) in [5.74, 6) is 0.424. The highest BCUT2D eigenvalue weighted by Crippen LogP contribution is 2.27. The van der Waals surface area contributed by atoms with E-state index in [2.05, 4.69) is 5.32 Å².